The molecule has 2 N–H and O–H groups in total. The maximum atomic E-state index is 12.0. The van der Waals surface area contributed by atoms with Gasteiger partial charge >= 0.3 is 5.97 Å². The van der Waals surface area contributed by atoms with Gasteiger partial charge in [-0.3, -0.25) is 9.78 Å². The van der Waals surface area contributed by atoms with Gasteiger partial charge in [-0.2, -0.15) is 0 Å². The first-order valence-corrected chi connectivity index (χ1v) is 11.8. The summed E-state index contributed by atoms with van der Waals surface area (Å²) in [4.78, 5) is 26.8. The molecule has 4 rings (SSSR count). The lowest BCUT2D eigenvalue weighted by atomic mass is 9.81. The van der Waals surface area contributed by atoms with Crippen LogP contribution in [0.5, 0.6) is 5.75 Å². The number of aliphatic carboxylic acids is 1. The van der Waals surface area contributed by atoms with E-state index in [1.165, 1.54) is 6.33 Å². The van der Waals surface area contributed by atoms with Gasteiger partial charge in [-0.1, -0.05) is 0 Å². The lowest BCUT2D eigenvalue weighted by molar-refractivity contribution is -0.146. The first-order valence-electron chi connectivity index (χ1n) is 11.8. The van der Waals surface area contributed by atoms with Crippen LogP contribution in [-0.4, -0.2) is 62.8 Å². The number of hydrogen-bond donors (Lipinski definition) is 2. The second kappa shape index (κ2) is 11.4. The van der Waals surface area contributed by atoms with E-state index in [-0.39, 0.29) is 5.92 Å². The summed E-state index contributed by atoms with van der Waals surface area (Å²) in [5, 5.41) is 21.7. The molecule has 1 aliphatic heterocycles. The summed E-state index contributed by atoms with van der Waals surface area (Å²) in [7, 11) is 1.61. The van der Waals surface area contributed by atoms with E-state index >= 15 is 0 Å². The Bertz CT molecular complexity index is 1090. The third-order valence-electron chi connectivity index (χ3n) is 6.86. The SMILES string of the molecule is COc1ccc2nccc([C@H](O)CC[C@@H]3CCN(CCCc4cncnc4)C[C@@H]3C(=O)O)c2c1. The Morgan fingerprint density at radius 1 is 1.26 bits per heavy atom. The van der Waals surface area contributed by atoms with Crippen LogP contribution in [0.4, 0.5) is 0 Å². The number of aliphatic hydroxyl groups is 1. The van der Waals surface area contributed by atoms with E-state index in [1.807, 2.05) is 36.7 Å². The topological polar surface area (TPSA) is 109 Å². The van der Waals surface area contributed by atoms with Crippen LogP contribution in [0, 0.1) is 11.8 Å². The minimum atomic E-state index is -0.750. The van der Waals surface area contributed by atoms with Crippen molar-refractivity contribution >= 4 is 16.9 Å². The minimum absolute atomic E-state index is 0.0496. The van der Waals surface area contributed by atoms with Crippen molar-refractivity contribution in [2.75, 3.05) is 26.7 Å². The van der Waals surface area contributed by atoms with Crippen molar-refractivity contribution < 1.29 is 19.7 Å². The van der Waals surface area contributed by atoms with Crippen LogP contribution in [0.1, 0.15) is 42.9 Å². The van der Waals surface area contributed by atoms with Crippen molar-refractivity contribution in [3.05, 3.63) is 60.3 Å². The number of benzene rings is 1. The van der Waals surface area contributed by atoms with Crippen molar-refractivity contribution in [2.45, 2.75) is 38.2 Å². The Morgan fingerprint density at radius 2 is 2.09 bits per heavy atom. The highest BCUT2D eigenvalue weighted by molar-refractivity contribution is 5.83. The molecule has 34 heavy (non-hydrogen) atoms. The van der Waals surface area contributed by atoms with Crippen LogP contribution in [0.2, 0.25) is 0 Å². The number of aliphatic hydroxyl groups excluding tert-OH is 1. The Kier molecular flexibility index (Phi) is 8.03. The zero-order valence-electron chi connectivity index (χ0n) is 19.5. The molecule has 0 spiro atoms. The molecule has 3 aromatic rings. The zero-order chi connectivity index (χ0) is 23.9. The summed E-state index contributed by atoms with van der Waals surface area (Å²) >= 11 is 0. The van der Waals surface area contributed by atoms with Crippen molar-refractivity contribution in [1.29, 1.82) is 0 Å². The van der Waals surface area contributed by atoms with Gasteiger partial charge in [0.25, 0.3) is 0 Å². The molecular weight excluding hydrogens is 432 g/mol. The first-order chi connectivity index (χ1) is 16.5. The highest BCUT2D eigenvalue weighted by Crippen LogP contribution is 2.33. The summed E-state index contributed by atoms with van der Waals surface area (Å²) < 4.78 is 5.33. The quantitative estimate of drug-likeness (QED) is 0.469. The van der Waals surface area contributed by atoms with E-state index in [0.717, 1.165) is 54.4 Å². The molecule has 3 atom stereocenters. The number of rotatable bonds is 10. The number of fused-ring (bicyclic) bond motifs is 1. The lowest BCUT2D eigenvalue weighted by Crippen LogP contribution is -2.44. The van der Waals surface area contributed by atoms with Gasteiger partial charge in [0.2, 0.25) is 0 Å². The fraction of sp³-hybridized carbons (Fsp3) is 0.462. The van der Waals surface area contributed by atoms with Gasteiger partial charge < -0.3 is 19.8 Å². The number of methoxy groups -OCH3 is 1. The minimum Gasteiger partial charge on any atom is -0.497 e. The van der Waals surface area contributed by atoms with E-state index in [9.17, 15) is 15.0 Å². The van der Waals surface area contributed by atoms with E-state index in [0.29, 0.717) is 25.1 Å². The summed E-state index contributed by atoms with van der Waals surface area (Å²) in [6.07, 6.45) is 10.0. The molecule has 2 aromatic heterocycles. The molecular formula is C26H32N4O4. The van der Waals surface area contributed by atoms with E-state index in [4.69, 9.17) is 4.74 Å². The average Bonchev–Trinajstić information content (AvgIpc) is 2.87. The molecule has 180 valence electrons. The van der Waals surface area contributed by atoms with Crippen LogP contribution in [0.3, 0.4) is 0 Å². The van der Waals surface area contributed by atoms with E-state index in [1.54, 1.807) is 13.3 Å². The van der Waals surface area contributed by atoms with Crippen molar-refractivity contribution in [3.8, 4) is 5.75 Å². The van der Waals surface area contributed by atoms with Crippen LogP contribution in [-0.2, 0) is 11.2 Å². The van der Waals surface area contributed by atoms with Crippen LogP contribution in [0.25, 0.3) is 10.9 Å². The number of ether oxygens (including phenoxy) is 1. The number of pyridine rings is 1. The van der Waals surface area contributed by atoms with Gasteiger partial charge in [0.15, 0.2) is 0 Å². The number of likely N-dealkylation sites (tertiary alicyclic amines) is 1. The van der Waals surface area contributed by atoms with E-state index in [2.05, 4.69) is 19.9 Å². The Labute approximate surface area is 199 Å². The summed E-state index contributed by atoms with van der Waals surface area (Å²) in [6.45, 7) is 2.29. The third kappa shape index (κ3) is 5.87. The van der Waals surface area contributed by atoms with Crippen LogP contribution >= 0.6 is 0 Å². The number of aromatic nitrogens is 3. The normalized spacial score (nSPS) is 19.7. The molecule has 1 aliphatic rings. The van der Waals surface area contributed by atoms with Crippen LogP contribution in [0.15, 0.2) is 49.2 Å². The zero-order valence-corrected chi connectivity index (χ0v) is 19.5. The number of piperidine rings is 1. The molecule has 0 saturated carbocycles. The molecule has 0 bridgehead atoms. The number of aryl methyl sites for hydroxylation is 1. The number of carboxylic acid groups (broad SMARTS) is 1. The second-order valence-corrected chi connectivity index (χ2v) is 9.02. The average molecular weight is 465 g/mol. The number of carboxylic acids is 1. The lowest BCUT2D eigenvalue weighted by Gasteiger charge is -2.37. The monoisotopic (exact) mass is 464 g/mol. The molecule has 8 heteroatoms. The predicted molar refractivity (Wildman–Crippen MR) is 129 cm³/mol. The number of hydrogen-bond acceptors (Lipinski definition) is 7. The Hall–Kier alpha value is -3.10. The summed E-state index contributed by atoms with van der Waals surface area (Å²) in [5.41, 5.74) is 2.71. The molecule has 0 amide bonds. The smallest absolute Gasteiger partial charge is 0.308 e. The number of carbonyl (C=O) groups is 1. The maximum absolute atomic E-state index is 12.0. The summed E-state index contributed by atoms with van der Waals surface area (Å²) in [6, 6.07) is 7.46. The molecule has 0 radical (unpaired) electrons. The first kappa shape index (κ1) is 24.0. The van der Waals surface area contributed by atoms with Gasteiger partial charge in [0, 0.05) is 30.5 Å². The molecule has 0 unspecified atom stereocenters. The van der Waals surface area contributed by atoms with Gasteiger partial charge in [-0.05, 0) is 86.5 Å². The molecule has 1 saturated heterocycles. The Balaban J connectivity index is 1.34. The largest absolute Gasteiger partial charge is 0.497 e. The summed E-state index contributed by atoms with van der Waals surface area (Å²) in [5.74, 6) is -0.407. The fourth-order valence-electron chi connectivity index (χ4n) is 4.95. The maximum Gasteiger partial charge on any atom is 0.308 e. The highest BCUT2D eigenvalue weighted by Gasteiger charge is 2.34. The van der Waals surface area contributed by atoms with Gasteiger partial charge in [0.05, 0.1) is 24.6 Å². The van der Waals surface area contributed by atoms with Crippen molar-refractivity contribution in [3.63, 3.8) is 0 Å². The second-order valence-electron chi connectivity index (χ2n) is 9.02. The van der Waals surface area contributed by atoms with Gasteiger partial charge in [-0.15, -0.1) is 0 Å². The molecule has 1 fully saturated rings. The van der Waals surface area contributed by atoms with Crippen LogP contribution < -0.4 is 4.74 Å². The molecule has 1 aromatic carbocycles. The fourth-order valence-corrected chi connectivity index (χ4v) is 4.95. The highest BCUT2D eigenvalue weighted by atomic mass is 16.5. The van der Waals surface area contributed by atoms with Crippen molar-refractivity contribution in [2.24, 2.45) is 11.8 Å². The predicted octanol–water partition coefficient (Wildman–Crippen LogP) is 3.50. The van der Waals surface area contributed by atoms with Gasteiger partial charge in [0.1, 0.15) is 12.1 Å². The van der Waals surface area contributed by atoms with Crippen molar-refractivity contribution in [1.82, 2.24) is 19.9 Å². The third-order valence-corrected chi connectivity index (χ3v) is 6.86. The van der Waals surface area contributed by atoms with E-state index < -0.39 is 18.0 Å². The molecule has 8 nitrogen and oxygen atoms in total. The number of nitrogens with zero attached hydrogens (tertiary/aromatic N) is 4. The Morgan fingerprint density at radius 3 is 2.85 bits per heavy atom. The molecule has 0 aliphatic carbocycles. The molecule has 3 heterocycles. The standard InChI is InChI=1S/C26H32N4O4/c1-34-20-5-6-24-22(13-20)21(8-10-29-24)25(31)7-4-19-9-12-30(16-23(19)26(32)33)11-2-3-18-14-27-17-28-15-18/h5-6,8,10,13-15,17,19,23,25,31H,2-4,7,9,11-12,16H2,1H3,(H,32,33)/t19-,23+,25-/m1/s1. The van der Waals surface area contributed by atoms with Gasteiger partial charge in [-0.25, -0.2) is 9.97 Å².